The highest BCUT2D eigenvalue weighted by molar-refractivity contribution is 7.92. The smallest absolute Gasteiger partial charge is 0.233 e. The van der Waals surface area contributed by atoms with Crippen LogP contribution in [0.5, 0.6) is 0 Å². The van der Waals surface area contributed by atoms with Gasteiger partial charge in [0.05, 0.1) is 6.26 Å². The molecule has 2 rings (SSSR count). The second kappa shape index (κ2) is 4.11. The van der Waals surface area contributed by atoms with E-state index in [-0.39, 0.29) is 6.54 Å². The molecule has 16 heavy (non-hydrogen) atoms. The molecule has 0 aliphatic carbocycles. The monoisotopic (exact) mass is 237 g/mol. The Morgan fingerprint density at radius 1 is 1.38 bits per heavy atom. The van der Waals surface area contributed by atoms with E-state index in [9.17, 15) is 8.42 Å². The SMILES string of the molecule is C=CS(=O)(=O)NCc1cccc2ccoc12. The maximum Gasteiger partial charge on any atom is 0.233 e. The van der Waals surface area contributed by atoms with Crippen molar-refractivity contribution in [2.24, 2.45) is 0 Å². The fraction of sp³-hybridized carbons (Fsp3) is 0.0909. The summed E-state index contributed by atoms with van der Waals surface area (Å²) < 4.78 is 30.1. The molecule has 2 aromatic rings. The third-order valence-corrected chi connectivity index (χ3v) is 3.23. The normalized spacial score (nSPS) is 11.8. The van der Waals surface area contributed by atoms with Crippen molar-refractivity contribution >= 4 is 21.0 Å². The minimum atomic E-state index is -3.40. The average Bonchev–Trinajstić information content (AvgIpc) is 2.75. The highest BCUT2D eigenvalue weighted by atomic mass is 32.2. The van der Waals surface area contributed by atoms with Crippen LogP contribution in [-0.2, 0) is 16.6 Å². The number of para-hydroxylation sites is 1. The largest absolute Gasteiger partial charge is 0.464 e. The molecule has 0 saturated carbocycles. The minimum Gasteiger partial charge on any atom is -0.464 e. The molecule has 0 amide bonds. The molecular formula is C11H11NO3S. The molecule has 0 aliphatic heterocycles. The number of fused-ring (bicyclic) bond motifs is 1. The zero-order valence-electron chi connectivity index (χ0n) is 8.51. The van der Waals surface area contributed by atoms with Crippen LogP contribution >= 0.6 is 0 Å². The van der Waals surface area contributed by atoms with Crippen LogP contribution < -0.4 is 4.72 Å². The first-order valence-corrected chi connectivity index (χ1v) is 6.24. The van der Waals surface area contributed by atoms with Gasteiger partial charge in [0.2, 0.25) is 10.0 Å². The van der Waals surface area contributed by atoms with Crippen LogP contribution in [0.2, 0.25) is 0 Å². The number of rotatable bonds is 4. The summed E-state index contributed by atoms with van der Waals surface area (Å²) in [5.41, 5.74) is 1.50. The number of nitrogens with one attached hydrogen (secondary N) is 1. The second-order valence-corrected chi connectivity index (χ2v) is 5.00. The third kappa shape index (κ3) is 2.15. The Morgan fingerprint density at radius 3 is 2.94 bits per heavy atom. The van der Waals surface area contributed by atoms with Gasteiger partial charge in [0.1, 0.15) is 5.58 Å². The first kappa shape index (κ1) is 10.9. The molecule has 0 aliphatic rings. The van der Waals surface area contributed by atoms with Gasteiger partial charge in [-0.3, -0.25) is 0 Å². The van der Waals surface area contributed by atoms with Gasteiger partial charge in [0, 0.05) is 22.9 Å². The number of sulfonamides is 1. The Kier molecular flexibility index (Phi) is 2.80. The number of furan rings is 1. The van der Waals surface area contributed by atoms with E-state index in [1.165, 1.54) is 0 Å². The van der Waals surface area contributed by atoms with Gasteiger partial charge in [-0.2, -0.15) is 0 Å². The Balaban J connectivity index is 2.28. The lowest BCUT2D eigenvalue weighted by Gasteiger charge is -2.03. The van der Waals surface area contributed by atoms with E-state index in [0.717, 1.165) is 16.4 Å². The van der Waals surface area contributed by atoms with Gasteiger partial charge in [-0.1, -0.05) is 24.8 Å². The van der Waals surface area contributed by atoms with Crippen molar-refractivity contribution in [2.75, 3.05) is 0 Å². The van der Waals surface area contributed by atoms with Crippen LogP contribution in [0.4, 0.5) is 0 Å². The molecule has 5 heteroatoms. The molecule has 0 fully saturated rings. The van der Waals surface area contributed by atoms with Crippen LogP contribution in [0.1, 0.15) is 5.56 Å². The van der Waals surface area contributed by atoms with Gasteiger partial charge in [-0.25, -0.2) is 13.1 Å². The van der Waals surface area contributed by atoms with Crippen LogP contribution in [0.15, 0.2) is 46.9 Å². The Morgan fingerprint density at radius 2 is 2.19 bits per heavy atom. The third-order valence-electron chi connectivity index (χ3n) is 2.24. The number of hydrogen-bond acceptors (Lipinski definition) is 3. The Hall–Kier alpha value is -1.59. The van der Waals surface area contributed by atoms with Crippen LogP contribution in [0.25, 0.3) is 11.0 Å². The summed E-state index contributed by atoms with van der Waals surface area (Å²) in [5, 5.41) is 1.84. The molecule has 0 spiro atoms. The maximum absolute atomic E-state index is 11.2. The van der Waals surface area contributed by atoms with Gasteiger partial charge in [0.15, 0.2) is 0 Å². The first-order valence-electron chi connectivity index (χ1n) is 4.69. The number of hydrogen-bond donors (Lipinski definition) is 1. The summed E-state index contributed by atoms with van der Waals surface area (Å²) in [6, 6.07) is 7.41. The molecule has 1 aromatic heterocycles. The quantitative estimate of drug-likeness (QED) is 0.884. The van der Waals surface area contributed by atoms with Crippen LogP contribution in [0, 0.1) is 0 Å². The van der Waals surface area contributed by atoms with E-state index >= 15 is 0 Å². The van der Waals surface area contributed by atoms with Gasteiger partial charge in [-0.05, 0) is 6.07 Å². The van der Waals surface area contributed by atoms with Gasteiger partial charge < -0.3 is 4.42 Å². The molecule has 1 N–H and O–H groups in total. The molecule has 0 atom stereocenters. The van der Waals surface area contributed by atoms with Crippen molar-refractivity contribution < 1.29 is 12.8 Å². The van der Waals surface area contributed by atoms with Crippen LogP contribution in [-0.4, -0.2) is 8.42 Å². The molecule has 0 saturated heterocycles. The van der Waals surface area contributed by atoms with Crippen molar-refractivity contribution in [1.82, 2.24) is 4.72 Å². The molecule has 0 radical (unpaired) electrons. The topological polar surface area (TPSA) is 59.3 Å². The molecule has 84 valence electrons. The molecule has 4 nitrogen and oxygen atoms in total. The summed E-state index contributed by atoms with van der Waals surface area (Å²) in [4.78, 5) is 0. The lowest BCUT2D eigenvalue weighted by atomic mass is 10.1. The summed E-state index contributed by atoms with van der Waals surface area (Å²) in [5.74, 6) is 0. The summed E-state index contributed by atoms with van der Waals surface area (Å²) in [7, 11) is -3.40. The van der Waals surface area contributed by atoms with E-state index in [1.807, 2.05) is 24.3 Å². The van der Waals surface area contributed by atoms with E-state index in [2.05, 4.69) is 11.3 Å². The van der Waals surface area contributed by atoms with E-state index in [0.29, 0.717) is 5.58 Å². The molecule has 0 bridgehead atoms. The average molecular weight is 237 g/mol. The lowest BCUT2D eigenvalue weighted by Crippen LogP contribution is -2.20. The van der Waals surface area contributed by atoms with Crippen molar-refractivity contribution in [3.63, 3.8) is 0 Å². The maximum atomic E-state index is 11.2. The Labute approximate surface area is 93.6 Å². The molecule has 0 unspecified atom stereocenters. The zero-order chi connectivity index (χ0) is 11.6. The molecular weight excluding hydrogens is 226 g/mol. The van der Waals surface area contributed by atoms with Crippen molar-refractivity contribution in [2.45, 2.75) is 6.54 Å². The predicted molar refractivity (Wildman–Crippen MR) is 62.2 cm³/mol. The fourth-order valence-electron chi connectivity index (χ4n) is 1.43. The van der Waals surface area contributed by atoms with E-state index in [1.54, 1.807) is 6.26 Å². The summed E-state index contributed by atoms with van der Waals surface area (Å²) in [6.45, 7) is 3.42. The van der Waals surface area contributed by atoms with E-state index < -0.39 is 10.0 Å². The highest BCUT2D eigenvalue weighted by Gasteiger charge is 2.07. The zero-order valence-corrected chi connectivity index (χ0v) is 9.33. The number of benzene rings is 1. The second-order valence-electron chi connectivity index (χ2n) is 3.29. The first-order chi connectivity index (χ1) is 7.62. The molecule has 1 heterocycles. The van der Waals surface area contributed by atoms with Gasteiger partial charge >= 0.3 is 0 Å². The van der Waals surface area contributed by atoms with Crippen molar-refractivity contribution in [3.05, 3.63) is 48.1 Å². The highest BCUT2D eigenvalue weighted by Crippen LogP contribution is 2.19. The molecule has 1 aromatic carbocycles. The summed E-state index contributed by atoms with van der Waals surface area (Å²) >= 11 is 0. The predicted octanol–water partition coefficient (Wildman–Crippen LogP) is 2.00. The lowest BCUT2D eigenvalue weighted by molar-refractivity contribution is 0.588. The van der Waals surface area contributed by atoms with Gasteiger partial charge in [-0.15, -0.1) is 0 Å². The van der Waals surface area contributed by atoms with E-state index in [4.69, 9.17) is 4.42 Å². The van der Waals surface area contributed by atoms with Gasteiger partial charge in [0.25, 0.3) is 0 Å². The minimum absolute atomic E-state index is 0.194. The standard InChI is InChI=1S/C11H11NO3S/c1-2-16(13,14)12-8-10-5-3-4-9-6-7-15-11(9)10/h2-7,12H,1,8H2. The summed E-state index contributed by atoms with van der Waals surface area (Å²) in [6.07, 6.45) is 1.58. The fourth-order valence-corrected chi connectivity index (χ4v) is 1.91. The van der Waals surface area contributed by atoms with Crippen molar-refractivity contribution in [1.29, 1.82) is 0 Å². The van der Waals surface area contributed by atoms with Crippen molar-refractivity contribution in [3.8, 4) is 0 Å². The Bertz CT molecular complexity index is 613. The van der Waals surface area contributed by atoms with Crippen LogP contribution in [0.3, 0.4) is 0 Å².